The van der Waals surface area contributed by atoms with E-state index in [-0.39, 0.29) is 30.6 Å². The van der Waals surface area contributed by atoms with Crippen LogP contribution < -0.4 is 15.4 Å². The lowest BCUT2D eigenvalue weighted by molar-refractivity contribution is -0.117. The van der Waals surface area contributed by atoms with Crippen molar-refractivity contribution in [3.63, 3.8) is 0 Å². The van der Waals surface area contributed by atoms with Crippen molar-refractivity contribution < 1.29 is 18.7 Å². The zero-order valence-corrected chi connectivity index (χ0v) is 14.8. The summed E-state index contributed by atoms with van der Waals surface area (Å²) < 4.78 is 18.7. The fourth-order valence-electron chi connectivity index (χ4n) is 2.33. The second-order valence-electron chi connectivity index (χ2n) is 5.81. The molecule has 2 aromatic carbocycles. The molecule has 0 aromatic heterocycles. The topological polar surface area (TPSA) is 67.4 Å². The van der Waals surface area contributed by atoms with Crippen LogP contribution in [-0.4, -0.2) is 18.4 Å². The predicted molar refractivity (Wildman–Crippen MR) is 99.7 cm³/mol. The molecule has 2 N–H and O–H groups in total. The van der Waals surface area contributed by atoms with E-state index in [4.69, 9.17) is 4.74 Å². The van der Waals surface area contributed by atoms with Gasteiger partial charge in [0.05, 0.1) is 6.61 Å². The highest BCUT2D eigenvalue weighted by Crippen LogP contribution is 2.17. The molecule has 0 unspecified atom stereocenters. The Morgan fingerprint density at radius 3 is 2.27 bits per heavy atom. The summed E-state index contributed by atoms with van der Waals surface area (Å²) in [5.41, 5.74) is 1.25. The molecule has 0 aliphatic rings. The van der Waals surface area contributed by atoms with Crippen LogP contribution in [0.5, 0.6) is 5.75 Å². The van der Waals surface area contributed by atoms with E-state index in [0.717, 1.165) is 6.42 Å². The quantitative estimate of drug-likeness (QED) is 0.655. The highest BCUT2D eigenvalue weighted by molar-refractivity contribution is 5.94. The van der Waals surface area contributed by atoms with E-state index in [1.54, 1.807) is 42.5 Å². The van der Waals surface area contributed by atoms with E-state index in [2.05, 4.69) is 10.6 Å². The lowest BCUT2D eigenvalue weighted by atomic mass is 10.2. The van der Waals surface area contributed by atoms with Crippen LogP contribution in [0.25, 0.3) is 0 Å². The summed E-state index contributed by atoms with van der Waals surface area (Å²) in [7, 11) is 0. The molecular formula is C20H23FN2O3. The number of amides is 2. The smallest absolute Gasteiger partial charge is 0.224 e. The molecule has 0 saturated carbocycles. The molecule has 0 saturated heterocycles. The number of rotatable bonds is 9. The second kappa shape index (κ2) is 10.2. The van der Waals surface area contributed by atoms with Crippen LogP contribution in [0, 0.1) is 5.82 Å². The number of benzene rings is 2. The molecule has 6 heteroatoms. The minimum absolute atomic E-state index is 0.0544. The molecule has 0 spiro atoms. The standard InChI is InChI=1S/C20H23FN2O3/c1-2-7-19(24)22-15-8-5-9-16(14-15)23-20(25)12-6-13-26-18-11-4-3-10-17(18)21/h3-5,8-11,14H,2,6-7,12-13H2,1H3,(H,22,24)(H,23,25). The first-order valence-electron chi connectivity index (χ1n) is 8.65. The van der Waals surface area contributed by atoms with Gasteiger partial charge in [-0.2, -0.15) is 0 Å². The molecule has 0 aliphatic carbocycles. The number of ether oxygens (including phenoxy) is 1. The van der Waals surface area contributed by atoms with Gasteiger partial charge in [0.2, 0.25) is 11.8 Å². The fourth-order valence-corrected chi connectivity index (χ4v) is 2.33. The number of halogens is 1. The van der Waals surface area contributed by atoms with E-state index >= 15 is 0 Å². The van der Waals surface area contributed by atoms with Gasteiger partial charge in [0, 0.05) is 24.2 Å². The van der Waals surface area contributed by atoms with Crippen LogP contribution in [0.15, 0.2) is 48.5 Å². The SMILES string of the molecule is CCCC(=O)Nc1cccc(NC(=O)CCCOc2ccccc2F)c1. The van der Waals surface area contributed by atoms with Crippen LogP contribution >= 0.6 is 0 Å². The third-order valence-corrected chi connectivity index (χ3v) is 3.55. The average Bonchev–Trinajstić information content (AvgIpc) is 2.60. The van der Waals surface area contributed by atoms with Crippen LogP contribution in [0.3, 0.4) is 0 Å². The minimum Gasteiger partial charge on any atom is -0.491 e. The molecule has 0 radical (unpaired) electrons. The largest absolute Gasteiger partial charge is 0.491 e. The average molecular weight is 358 g/mol. The number of nitrogens with one attached hydrogen (secondary N) is 2. The number of carbonyl (C=O) groups is 2. The van der Waals surface area contributed by atoms with Crippen molar-refractivity contribution in [2.75, 3.05) is 17.2 Å². The van der Waals surface area contributed by atoms with Gasteiger partial charge in [-0.3, -0.25) is 9.59 Å². The Morgan fingerprint density at radius 1 is 0.962 bits per heavy atom. The number of anilines is 2. The summed E-state index contributed by atoms with van der Waals surface area (Å²) in [4.78, 5) is 23.6. The lowest BCUT2D eigenvalue weighted by Gasteiger charge is -2.09. The van der Waals surface area contributed by atoms with Crippen LogP contribution in [-0.2, 0) is 9.59 Å². The molecule has 5 nitrogen and oxygen atoms in total. The first-order chi connectivity index (χ1) is 12.6. The monoisotopic (exact) mass is 358 g/mol. The van der Waals surface area contributed by atoms with Crippen LogP contribution in [0.1, 0.15) is 32.6 Å². The molecule has 138 valence electrons. The highest BCUT2D eigenvalue weighted by Gasteiger charge is 2.06. The van der Waals surface area contributed by atoms with Gasteiger partial charge < -0.3 is 15.4 Å². The Kier molecular flexibility index (Phi) is 7.61. The molecular weight excluding hydrogens is 335 g/mol. The Morgan fingerprint density at radius 2 is 1.62 bits per heavy atom. The van der Waals surface area contributed by atoms with Gasteiger partial charge in [-0.25, -0.2) is 4.39 Å². The Labute approximate surface area is 152 Å². The van der Waals surface area contributed by atoms with Crippen molar-refractivity contribution >= 4 is 23.2 Å². The third-order valence-electron chi connectivity index (χ3n) is 3.55. The molecule has 0 heterocycles. The zero-order chi connectivity index (χ0) is 18.8. The van der Waals surface area contributed by atoms with Crippen molar-refractivity contribution in [2.24, 2.45) is 0 Å². The number of hydrogen-bond acceptors (Lipinski definition) is 3. The van der Waals surface area contributed by atoms with Crippen molar-refractivity contribution in [2.45, 2.75) is 32.6 Å². The molecule has 0 atom stereocenters. The van der Waals surface area contributed by atoms with E-state index in [0.29, 0.717) is 24.2 Å². The van der Waals surface area contributed by atoms with Crippen molar-refractivity contribution in [3.8, 4) is 5.75 Å². The highest BCUT2D eigenvalue weighted by atomic mass is 19.1. The molecule has 0 fully saturated rings. The molecule has 2 aromatic rings. The molecule has 0 aliphatic heterocycles. The Bertz CT molecular complexity index is 749. The number of para-hydroxylation sites is 1. The maximum Gasteiger partial charge on any atom is 0.224 e. The van der Waals surface area contributed by atoms with Gasteiger partial charge in [0.1, 0.15) is 0 Å². The van der Waals surface area contributed by atoms with Gasteiger partial charge in [-0.05, 0) is 43.2 Å². The molecule has 26 heavy (non-hydrogen) atoms. The summed E-state index contributed by atoms with van der Waals surface area (Å²) in [5, 5.41) is 5.56. The molecule has 2 rings (SSSR count). The summed E-state index contributed by atoms with van der Waals surface area (Å²) in [6.45, 7) is 2.19. The number of carbonyl (C=O) groups excluding carboxylic acids is 2. The summed E-state index contributed by atoms with van der Waals surface area (Å²) >= 11 is 0. The van der Waals surface area contributed by atoms with Gasteiger partial charge in [0.25, 0.3) is 0 Å². The first-order valence-corrected chi connectivity index (χ1v) is 8.65. The van der Waals surface area contributed by atoms with E-state index in [1.165, 1.54) is 6.07 Å². The maximum atomic E-state index is 13.4. The number of hydrogen-bond donors (Lipinski definition) is 2. The van der Waals surface area contributed by atoms with E-state index < -0.39 is 5.82 Å². The third kappa shape index (κ3) is 6.55. The van der Waals surface area contributed by atoms with Gasteiger partial charge in [-0.15, -0.1) is 0 Å². The summed E-state index contributed by atoms with van der Waals surface area (Å²) in [6.07, 6.45) is 1.95. The fraction of sp³-hybridized carbons (Fsp3) is 0.300. The normalized spacial score (nSPS) is 10.2. The van der Waals surface area contributed by atoms with E-state index in [1.807, 2.05) is 6.92 Å². The van der Waals surface area contributed by atoms with Crippen molar-refractivity contribution in [1.29, 1.82) is 0 Å². The van der Waals surface area contributed by atoms with Crippen molar-refractivity contribution in [1.82, 2.24) is 0 Å². The summed E-state index contributed by atoms with van der Waals surface area (Å²) in [5.74, 6) is -0.456. The predicted octanol–water partition coefficient (Wildman–Crippen LogP) is 4.36. The van der Waals surface area contributed by atoms with Crippen LogP contribution in [0.4, 0.5) is 15.8 Å². The summed E-state index contributed by atoms with van der Waals surface area (Å²) in [6, 6.07) is 13.2. The van der Waals surface area contributed by atoms with Crippen molar-refractivity contribution in [3.05, 3.63) is 54.3 Å². The first kappa shape index (κ1) is 19.4. The van der Waals surface area contributed by atoms with Gasteiger partial charge in [0.15, 0.2) is 11.6 Å². The molecule has 2 amide bonds. The molecule has 0 bridgehead atoms. The van der Waals surface area contributed by atoms with E-state index in [9.17, 15) is 14.0 Å². The second-order valence-corrected chi connectivity index (χ2v) is 5.81. The van der Waals surface area contributed by atoms with Crippen LogP contribution in [0.2, 0.25) is 0 Å². The maximum absolute atomic E-state index is 13.4. The minimum atomic E-state index is -0.418. The Hall–Kier alpha value is -2.89. The van der Waals surface area contributed by atoms with Gasteiger partial charge in [-0.1, -0.05) is 25.1 Å². The zero-order valence-electron chi connectivity index (χ0n) is 14.8. The van der Waals surface area contributed by atoms with Gasteiger partial charge >= 0.3 is 0 Å². The lowest BCUT2D eigenvalue weighted by Crippen LogP contribution is -2.14. The Balaban J connectivity index is 1.75.